The number of halogens is 1. The minimum atomic E-state index is -0.341. The summed E-state index contributed by atoms with van der Waals surface area (Å²) in [6.45, 7) is 20.3. The van der Waals surface area contributed by atoms with E-state index in [0.29, 0.717) is 48.7 Å². The van der Waals surface area contributed by atoms with Crippen LogP contribution in [0.4, 0.5) is 4.79 Å². The zero-order valence-corrected chi connectivity index (χ0v) is 28.0. The minimum Gasteiger partial charge on any atom is -0.446 e. The Kier molecular flexibility index (Phi) is 15.4. The second kappa shape index (κ2) is 17.6. The molecular weight excluding hydrogens is 544 g/mol. The van der Waals surface area contributed by atoms with Gasteiger partial charge in [0.05, 0.1) is 0 Å². The number of carbonyl (C=O) groups is 1. The highest BCUT2D eigenvalue weighted by atomic mass is 35.5. The van der Waals surface area contributed by atoms with Gasteiger partial charge in [-0.2, -0.15) is 0 Å². The second-order valence-electron chi connectivity index (χ2n) is 13.6. The van der Waals surface area contributed by atoms with Gasteiger partial charge >= 0.3 is 6.09 Å². The third-order valence-corrected chi connectivity index (χ3v) is 10.5. The molecule has 0 aliphatic heterocycles. The maximum Gasteiger partial charge on any atom is 0.407 e. The number of hydrogen-bond acceptors (Lipinski definition) is 5. The fourth-order valence-electron chi connectivity index (χ4n) is 7.54. The van der Waals surface area contributed by atoms with Gasteiger partial charge in [-0.25, -0.2) is 4.79 Å². The van der Waals surface area contributed by atoms with Gasteiger partial charge in [0.15, 0.2) is 0 Å². The molecule has 0 aromatic carbocycles. The Bertz CT molecular complexity index is 955. The van der Waals surface area contributed by atoms with E-state index >= 15 is 0 Å². The molecule has 6 atom stereocenters. The maximum atomic E-state index is 12.5. The quantitative estimate of drug-likeness (QED) is 0.196. The molecule has 0 aromatic rings. The maximum absolute atomic E-state index is 12.5. The minimum absolute atomic E-state index is 0. The van der Waals surface area contributed by atoms with E-state index in [4.69, 9.17) is 16.2 Å². The van der Waals surface area contributed by atoms with Crippen LogP contribution >= 0.6 is 12.4 Å². The summed E-state index contributed by atoms with van der Waals surface area (Å²) in [5.74, 6) is 3.36. The highest BCUT2D eigenvalue weighted by Gasteiger charge is 2.50. The van der Waals surface area contributed by atoms with Crippen molar-refractivity contribution in [3.63, 3.8) is 0 Å². The summed E-state index contributed by atoms with van der Waals surface area (Å²) in [5, 5.41) is 2.91. The molecule has 42 heavy (non-hydrogen) atoms. The standard InChI is InChI=1S/C35H60N4O2.ClH/c1-25(2)26(3)9-10-28(5)32-15-16-33-29(8-7-17-35(32,33)6)12-13-30-24-31(14-11-27(30)4)41-34(40)38-20-23-39(21-18-36)22-19-37;/h9-10,12-13,25-26,28,31-33H,4,7-8,11,14-24,36-37H2,1-3,5-6H3,(H,38,40);1H/b10-9+,29-12+,30-13-;/t26-,28+,31-,32+,33-,35+;/m0./s1. The molecule has 0 unspecified atom stereocenters. The topological polar surface area (TPSA) is 93.6 Å². The summed E-state index contributed by atoms with van der Waals surface area (Å²) in [5.41, 5.74) is 15.8. The predicted molar refractivity (Wildman–Crippen MR) is 180 cm³/mol. The summed E-state index contributed by atoms with van der Waals surface area (Å²) in [7, 11) is 0. The lowest BCUT2D eigenvalue weighted by Crippen LogP contribution is -2.40. The molecule has 0 saturated heterocycles. The van der Waals surface area contributed by atoms with E-state index in [1.807, 2.05) is 0 Å². The molecule has 240 valence electrons. The van der Waals surface area contributed by atoms with Crippen LogP contribution in [0.3, 0.4) is 0 Å². The average Bonchev–Trinajstić information content (AvgIpc) is 3.29. The second-order valence-corrected chi connectivity index (χ2v) is 13.6. The number of carbonyl (C=O) groups excluding carboxylic acids is 1. The highest BCUT2D eigenvalue weighted by molar-refractivity contribution is 5.85. The number of allylic oxidation sites excluding steroid dienone is 6. The normalized spacial score (nSPS) is 29.6. The molecule has 3 aliphatic rings. The Morgan fingerprint density at radius 1 is 1.07 bits per heavy atom. The summed E-state index contributed by atoms with van der Waals surface area (Å²) in [6.07, 6.45) is 18.1. The van der Waals surface area contributed by atoms with Gasteiger partial charge in [-0.15, -0.1) is 12.4 Å². The number of ether oxygens (including phenoxy) is 1. The van der Waals surface area contributed by atoms with E-state index in [2.05, 4.69) is 75.7 Å². The summed E-state index contributed by atoms with van der Waals surface area (Å²) in [6, 6.07) is 0. The largest absolute Gasteiger partial charge is 0.446 e. The molecular formula is C35H61ClN4O2. The van der Waals surface area contributed by atoms with Crippen molar-refractivity contribution in [1.29, 1.82) is 0 Å². The molecule has 1 amide bonds. The lowest BCUT2D eigenvalue weighted by molar-refractivity contribution is 0.0886. The molecule has 6 nitrogen and oxygen atoms in total. The van der Waals surface area contributed by atoms with Crippen LogP contribution in [0.1, 0.15) is 86.0 Å². The van der Waals surface area contributed by atoms with Gasteiger partial charge in [-0.1, -0.05) is 76.6 Å². The van der Waals surface area contributed by atoms with Gasteiger partial charge in [0.1, 0.15) is 6.10 Å². The van der Waals surface area contributed by atoms with Crippen LogP contribution in [-0.2, 0) is 4.74 Å². The Morgan fingerprint density at radius 2 is 1.79 bits per heavy atom. The molecule has 0 aromatic heterocycles. The molecule has 3 saturated carbocycles. The number of nitrogens with zero attached hydrogens (tertiary/aromatic N) is 1. The van der Waals surface area contributed by atoms with Gasteiger partial charge in [-0.3, -0.25) is 4.90 Å². The van der Waals surface area contributed by atoms with Crippen LogP contribution in [0.5, 0.6) is 0 Å². The van der Waals surface area contributed by atoms with Crippen molar-refractivity contribution < 1.29 is 9.53 Å². The van der Waals surface area contributed by atoms with Crippen LogP contribution in [0.25, 0.3) is 0 Å². The van der Waals surface area contributed by atoms with E-state index < -0.39 is 0 Å². The summed E-state index contributed by atoms with van der Waals surface area (Å²) < 4.78 is 5.82. The van der Waals surface area contributed by atoms with Crippen LogP contribution in [0.2, 0.25) is 0 Å². The zero-order valence-electron chi connectivity index (χ0n) is 27.2. The molecule has 0 heterocycles. The predicted octanol–water partition coefficient (Wildman–Crippen LogP) is 7.02. The Balaban J connectivity index is 0.00000616. The van der Waals surface area contributed by atoms with Gasteiger partial charge in [0.25, 0.3) is 0 Å². The van der Waals surface area contributed by atoms with Gasteiger partial charge in [0.2, 0.25) is 0 Å². The molecule has 3 aliphatic carbocycles. The number of amides is 1. The first-order valence-electron chi connectivity index (χ1n) is 16.4. The highest BCUT2D eigenvalue weighted by Crippen LogP contribution is 2.59. The van der Waals surface area contributed by atoms with E-state index in [0.717, 1.165) is 44.8 Å². The van der Waals surface area contributed by atoms with E-state index in [-0.39, 0.29) is 24.6 Å². The first-order chi connectivity index (χ1) is 19.6. The van der Waals surface area contributed by atoms with Crippen molar-refractivity contribution in [1.82, 2.24) is 10.2 Å². The van der Waals surface area contributed by atoms with E-state index in [9.17, 15) is 4.79 Å². The van der Waals surface area contributed by atoms with Crippen LogP contribution in [0, 0.1) is 35.0 Å². The number of nitrogens with two attached hydrogens (primary N) is 2. The smallest absolute Gasteiger partial charge is 0.407 e. The lowest BCUT2D eigenvalue weighted by atomic mass is 9.61. The number of alkyl carbamates (subject to hydrolysis) is 1. The molecule has 7 heteroatoms. The molecule has 5 N–H and O–H groups in total. The fourth-order valence-corrected chi connectivity index (χ4v) is 7.54. The molecule has 0 radical (unpaired) electrons. The van der Waals surface area contributed by atoms with Crippen molar-refractivity contribution in [2.45, 2.75) is 92.1 Å². The van der Waals surface area contributed by atoms with Crippen molar-refractivity contribution in [2.75, 3.05) is 39.3 Å². The third kappa shape index (κ3) is 9.97. The molecule has 3 rings (SSSR count). The lowest BCUT2D eigenvalue weighted by Gasteiger charge is -2.44. The van der Waals surface area contributed by atoms with Crippen molar-refractivity contribution in [3.8, 4) is 0 Å². The van der Waals surface area contributed by atoms with E-state index in [1.54, 1.807) is 5.57 Å². The Labute approximate surface area is 263 Å². The number of hydrogen-bond donors (Lipinski definition) is 3. The Hall–Kier alpha value is -1.60. The third-order valence-electron chi connectivity index (χ3n) is 10.5. The molecule has 0 spiro atoms. The number of rotatable bonds is 13. The van der Waals surface area contributed by atoms with E-state index in [1.165, 1.54) is 43.3 Å². The zero-order chi connectivity index (χ0) is 30.0. The SMILES string of the molecule is C=C1CC[C@H](OC(=O)NCCN(CCN)CCN)C/C1=C/C=C1\CCC[C@]2(C)[C@@H]([C@H](C)/C=C/[C@H](C)C(C)C)CC[C@@H]12.Cl. The monoisotopic (exact) mass is 604 g/mol. The van der Waals surface area contributed by atoms with Crippen molar-refractivity contribution >= 4 is 18.5 Å². The first kappa shape index (κ1) is 36.6. The van der Waals surface area contributed by atoms with Gasteiger partial charge in [-0.05, 0) is 85.5 Å². The first-order valence-corrected chi connectivity index (χ1v) is 16.4. The number of fused-ring (bicyclic) bond motifs is 1. The van der Waals surface area contributed by atoms with Gasteiger partial charge in [0, 0.05) is 45.7 Å². The van der Waals surface area contributed by atoms with Crippen LogP contribution < -0.4 is 16.8 Å². The van der Waals surface area contributed by atoms with Crippen LogP contribution in [0.15, 0.2) is 47.6 Å². The number of nitrogens with one attached hydrogen (secondary N) is 1. The molecule has 0 bridgehead atoms. The Morgan fingerprint density at radius 3 is 2.45 bits per heavy atom. The fraction of sp³-hybridized carbons (Fsp3) is 0.743. The summed E-state index contributed by atoms with van der Waals surface area (Å²) >= 11 is 0. The molecule has 3 fully saturated rings. The van der Waals surface area contributed by atoms with Gasteiger partial charge < -0.3 is 21.5 Å². The van der Waals surface area contributed by atoms with Crippen molar-refractivity contribution in [2.24, 2.45) is 46.5 Å². The van der Waals surface area contributed by atoms with Crippen molar-refractivity contribution in [3.05, 3.63) is 47.6 Å². The summed E-state index contributed by atoms with van der Waals surface area (Å²) in [4.78, 5) is 14.7. The van der Waals surface area contributed by atoms with Crippen LogP contribution in [-0.4, -0.2) is 56.4 Å². The average molecular weight is 605 g/mol.